The molecule has 0 N–H and O–H groups in total. The summed E-state index contributed by atoms with van der Waals surface area (Å²) in [6.07, 6.45) is 1.24. The molecule has 0 bridgehead atoms. The molecular formula is C12H19ClN4O. The molecule has 0 radical (unpaired) electrons. The van der Waals surface area contributed by atoms with E-state index in [1.807, 2.05) is 6.92 Å². The summed E-state index contributed by atoms with van der Waals surface area (Å²) >= 11 is 5.91. The number of anilines is 1. The van der Waals surface area contributed by atoms with Gasteiger partial charge in [-0.05, 0) is 36.8 Å². The van der Waals surface area contributed by atoms with Crippen molar-refractivity contribution < 1.29 is 4.74 Å². The van der Waals surface area contributed by atoms with Crippen molar-refractivity contribution in [1.29, 1.82) is 0 Å². The topological polar surface area (TPSA) is 51.1 Å². The Morgan fingerprint density at radius 1 is 1.22 bits per heavy atom. The molecule has 2 heterocycles. The summed E-state index contributed by atoms with van der Waals surface area (Å²) in [4.78, 5) is 14.6. The minimum atomic E-state index is 0.189. The fourth-order valence-electron chi connectivity index (χ4n) is 2.48. The molecule has 6 heteroatoms. The smallest absolute Gasteiger partial charge is 0.322 e. The van der Waals surface area contributed by atoms with Gasteiger partial charge in [-0.2, -0.15) is 15.0 Å². The summed E-state index contributed by atoms with van der Waals surface area (Å²) in [7, 11) is 0. The molecular weight excluding hydrogens is 252 g/mol. The van der Waals surface area contributed by atoms with Crippen LogP contribution in [-0.2, 0) is 0 Å². The zero-order valence-electron chi connectivity index (χ0n) is 11.1. The van der Waals surface area contributed by atoms with Crippen molar-refractivity contribution in [3.63, 3.8) is 0 Å². The van der Waals surface area contributed by atoms with Gasteiger partial charge in [-0.1, -0.05) is 13.8 Å². The molecule has 5 nitrogen and oxygen atoms in total. The second-order valence-corrected chi connectivity index (χ2v) is 5.31. The van der Waals surface area contributed by atoms with Crippen LogP contribution in [0.4, 0.5) is 5.95 Å². The van der Waals surface area contributed by atoms with Gasteiger partial charge < -0.3 is 9.64 Å². The molecule has 18 heavy (non-hydrogen) atoms. The van der Waals surface area contributed by atoms with Gasteiger partial charge in [0.1, 0.15) is 0 Å². The Morgan fingerprint density at radius 3 is 2.50 bits per heavy atom. The highest BCUT2D eigenvalue weighted by molar-refractivity contribution is 6.28. The molecule has 0 aromatic carbocycles. The van der Waals surface area contributed by atoms with Crippen molar-refractivity contribution in [1.82, 2.24) is 15.0 Å². The van der Waals surface area contributed by atoms with E-state index >= 15 is 0 Å². The fourth-order valence-corrected chi connectivity index (χ4v) is 2.63. The Morgan fingerprint density at radius 2 is 1.89 bits per heavy atom. The molecule has 2 rings (SSSR count). The largest absolute Gasteiger partial charge is 0.464 e. The molecule has 1 aromatic heterocycles. The van der Waals surface area contributed by atoms with Crippen LogP contribution < -0.4 is 9.64 Å². The van der Waals surface area contributed by atoms with Crippen LogP contribution in [0.3, 0.4) is 0 Å². The maximum atomic E-state index is 5.91. The van der Waals surface area contributed by atoms with Gasteiger partial charge in [0.25, 0.3) is 0 Å². The lowest BCUT2D eigenvalue weighted by atomic mass is 9.92. The minimum absolute atomic E-state index is 0.189. The van der Waals surface area contributed by atoms with Crippen molar-refractivity contribution in [2.24, 2.45) is 11.8 Å². The molecule has 2 atom stereocenters. The summed E-state index contributed by atoms with van der Waals surface area (Å²) in [6, 6.07) is 0.304. The molecule has 0 aliphatic carbocycles. The Hall–Kier alpha value is -1.10. The zero-order valence-corrected chi connectivity index (χ0v) is 11.8. The highest BCUT2D eigenvalue weighted by Crippen LogP contribution is 2.25. The van der Waals surface area contributed by atoms with E-state index in [1.165, 1.54) is 6.42 Å². The van der Waals surface area contributed by atoms with Crippen molar-refractivity contribution >= 4 is 17.5 Å². The van der Waals surface area contributed by atoms with Crippen LogP contribution in [0.2, 0.25) is 5.28 Å². The molecule has 0 spiro atoms. The lowest BCUT2D eigenvalue weighted by Crippen LogP contribution is -2.39. The van der Waals surface area contributed by atoms with E-state index in [-0.39, 0.29) is 5.28 Å². The summed E-state index contributed by atoms with van der Waals surface area (Å²) in [6.45, 7) is 8.81. The third-order valence-electron chi connectivity index (χ3n) is 3.00. The van der Waals surface area contributed by atoms with Crippen LogP contribution in [0.5, 0.6) is 6.01 Å². The van der Waals surface area contributed by atoms with Crippen LogP contribution in [0.15, 0.2) is 0 Å². The van der Waals surface area contributed by atoms with E-state index in [1.54, 1.807) is 0 Å². The number of hydrogen-bond donors (Lipinski definition) is 0. The van der Waals surface area contributed by atoms with Crippen LogP contribution in [-0.4, -0.2) is 34.6 Å². The lowest BCUT2D eigenvalue weighted by Gasteiger charge is -2.34. The second kappa shape index (κ2) is 5.69. The predicted octanol–water partition coefficient (Wildman–Crippen LogP) is 2.41. The molecule has 0 amide bonds. The summed E-state index contributed by atoms with van der Waals surface area (Å²) < 4.78 is 5.30. The Bertz CT molecular complexity index is 405. The van der Waals surface area contributed by atoms with Gasteiger partial charge in [-0.3, -0.25) is 0 Å². The number of piperidine rings is 1. The van der Waals surface area contributed by atoms with Gasteiger partial charge in [0, 0.05) is 13.1 Å². The van der Waals surface area contributed by atoms with Crippen molar-refractivity contribution in [3.8, 4) is 6.01 Å². The van der Waals surface area contributed by atoms with Crippen molar-refractivity contribution in [2.45, 2.75) is 27.2 Å². The van der Waals surface area contributed by atoms with Gasteiger partial charge in [-0.25, -0.2) is 0 Å². The highest BCUT2D eigenvalue weighted by Gasteiger charge is 2.24. The molecule has 1 fully saturated rings. The standard InChI is InChI=1S/C12H19ClN4O/c1-4-18-12-15-10(13)14-11(16-12)17-6-8(2)5-9(3)7-17/h8-9H,4-7H2,1-3H3. The summed E-state index contributed by atoms with van der Waals surface area (Å²) in [5.41, 5.74) is 0. The van der Waals surface area contributed by atoms with E-state index in [2.05, 4.69) is 33.7 Å². The van der Waals surface area contributed by atoms with E-state index in [9.17, 15) is 0 Å². The molecule has 1 saturated heterocycles. The minimum Gasteiger partial charge on any atom is -0.464 e. The van der Waals surface area contributed by atoms with E-state index in [0.29, 0.717) is 30.4 Å². The first-order valence-corrected chi connectivity index (χ1v) is 6.75. The number of hydrogen-bond acceptors (Lipinski definition) is 5. The normalized spacial score (nSPS) is 24.1. The highest BCUT2D eigenvalue weighted by atomic mass is 35.5. The first-order valence-electron chi connectivity index (χ1n) is 6.37. The summed E-state index contributed by atoms with van der Waals surface area (Å²) in [5, 5.41) is 0.189. The Labute approximate surface area is 113 Å². The molecule has 1 aromatic rings. The Balaban J connectivity index is 2.21. The van der Waals surface area contributed by atoms with Crippen LogP contribution in [0.1, 0.15) is 27.2 Å². The third kappa shape index (κ3) is 3.22. The second-order valence-electron chi connectivity index (χ2n) is 4.97. The third-order valence-corrected chi connectivity index (χ3v) is 3.17. The first-order chi connectivity index (χ1) is 8.58. The Kier molecular flexibility index (Phi) is 4.22. The molecule has 1 aliphatic rings. The fraction of sp³-hybridized carbons (Fsp3) is 0.750. The van der Waals surface area contributed by atoms with Crippen molar-refractivity contribution in [3.05, 3.63) is 5.28 Å². The maximum Gasteiger partial charge on any atom is 0.322 e. The van der Waals surface area contributed by atoms with E-state index in [0.717, 1.165) is 13.1 Å². The van der Waals surface area contributed by atoms with Crippen LogP contribution >= 0.6 is 11.6 Å². The number of nitrogens with zero attached hydrogens (tertiary/aromatic N) is 4. The number of aromatic nitrogens is 3. The van der Waals surface area contributed by atoms with Gasteiger partial charge in [0.15, 0.2) is 0 Å². The van der Waals surface area contributed by atoms with Gasteiger partial charge in [-0.15, -0.1) is 0 Å². The lowest BCUT2D eigenvalue weighted by molar-refractivity contribution is 0.308. The zero-order chi connectivity index (χ0) is 13.1. The molecule has 100 valence electrons. The van der Waals surface area contributed by atoms with Crippen LogP contribution in [0, 0.1) is 11.8 Å². The average molecular weight is 271 g/mol. The van der Waals surface area contributed by atoms with E-state index in [4.69, 9.17) is 16.3 Å². The quantitative estimate of drug-likeness (QED) is 0.844. The van der Waals surface area contributed by atoms with Crippen LogP contribution in [0.25, 0.3) is 0 Å². The van der Waals surface area contributed by atoms with E-state index < -0.39 is 0 Å². The summed E-state index contributed by atoms with van der Waals surface area (Å²) in [5.74, 6) is 1.90. The SMILES string of the molecule is CCOc1nc(Cl)nc(N2CC(C)CC(C)C2)n1. The van der Waals surface area contributed by atoms with Gasteiger partial charge >= 0.3 is 6.01 Å². The monoisotopic (exact) mass is 270 g/mol. The predicted molar refractivity (Wildman–Crippen MR) is 71.2 cm³/mol. The number of rotatable bonds is 3. The van der Waals surface area contributed by atoms with Crippen molar-refractivity contribution in [2.75, 3.05) is 24.6 Å². The van der Waals surface area contributed by atoms with Gasteiger partial charge in [0.2, 0.25) is 11.2 Å². The number of halogens is 1. The number of ether oxygens (including phenoxy) is 1. The molecule has 0 saturated carbocycles. The molecule has 2 unspecified atom stereocenters. The first kappa shape index (κ1) is 13.3. The average Bonchev–Trinajstić information content (AvgIpc) is 2.27. The maximum absolute atomic E-state index is 5.91. The molecule has 1 aliphatic heterocycles. The van der Waals surface area contributed by atoms with Gasteiger partial charge in [0.05, 0.1) is 6.61 Å².